The maximum Gasteiger partial charge on any atom is 0.339 e. The average molecular weight is 514 g/mol. The highest BCUT2D eigenvalue weighted by Gasteiger charge is 2.80. The smallest absolute Gasteiger partial charge is 0.339 e. The van der Waals surface area contributed by atoms with Gasteiger partial charge < -0.3 is 10.2 Å². The van der Waals surface area contributed by atoms with Crippen molar-refractivity contribution in [3.63, 3.8) is 0 Å². The maximum atomic E-state index is 17.3. The minimum atomic E-state index is -2.23. The fourth-order valence-electron chi connectivity index (χ4n) is 8.79. The van der Waals surface area contributed by atoms with E-state index in [0.29, 0.717) is 19.5 Å². The van der Waals surface area contributed by atoms with E-state index < -0.39 is 63.9 Å². The van der Waals surface area contributed by atoms with Gasteiger partial charge in [-0.2, -0.15) is 5.06 Å². The van der Waals surface area contributed by atoms with E-state index in [2.05, 4.69) is 0 Å². The molecule has 1 aromatic rings. The first-order valence-corrected chi connectivity index (χ1v) is 13.1. The number of rotatable bonds is 3. The minimum Gasteiger partial charge on any atom is -0.479 e. The molecule has 4 aliphatic carbocycles. The summed E-state index contributed by atoms with van der Waals surface area (Å²) in [5.74, 6) is -3.40. The molecule has 9 atom stereocenters. The van der Waals surface area contributed by atoms with E-state index in [4.69, 9.17) is 4.84 Å². The second kappa shape index (κ2) is 7.80. The predicted molar refractivity (Wildman–Crippen MR) is 131 cm³/mol. The Labute approximate surface area is 214 Å². The van der Waals surface area contributed by atoms with Crippen molar-refractivity contribution < 1.29 is 33.4 Å². The van der Waals surface area contributed by atoms with E-state index in [9.17, 15) is 19.8 Å². The van der Waals surface area contributed by atoms with Crippen LogP contribution in [-0.2, 0) is 21.0 Å². The summed E-state index contributed by atoms with van der Waals surface area (Å²) in [5.41, 5.74) is -4.34. The molecule has 0 amide bonds. The molecule has 0 spiro atoms. The van der Waals surface area contributed by atoms with Crippen LogP contribution in [0, 0.1) is 35.5 Å². The Hall–Kier alpha value is -2.42. The van der Waals surface area contributed by atoms with E-state index in [1.54, 1.807) is 18.9 Å². The van der Waals surface area contributed by atoms with Crippen LogP contribution in [-0.4, -0.2) is 57.1 Å². The third-order valence-electron chi connectivity index (χ3n) is 10.4. The standard InChI is InChI=1S/C29H33F2NO5/c1-16-5-4-6-17(9-16)14-32-15-18-10-20-21-12-23(30)22-11-19(33)7-8-26(22,2)28(21,31)24(34)13-27(20,3)29(18,37-32)25(35)36/h4-9,11,18,20-21,23-24,34H,10,12-15H2,1-3H3,(H,35,36)/t18-,20?,21-,23-,24-,26-,27-,28-,29-/m0/s1. The monoisotopic (exact) mass is 513 g/mol. The number of allylic oxidation sites excluding steroid dienone is 4. The molecular formula is C29H33F2NO5. The molecule has 0 aromatic heterocycles. The highest BCUT2D eigenvalue weighted by atomic mass is 19.1. The maximum absolute atomic E-state index is 17.3. The van der Waals surface area contributed by atoms with E-state index >= 15 is 8.78 Å². The highest BCUT2D eigenvalue weighted by molar-refractivity contribution is 6.01. The van der Waals surface area contributed by atoms with Crippen LogP contribution < -0.4 is 0 Å². The van der Waals surface area contributed by atoms with E-state index in [1.807, 2.05) is 31.2 Å². The third kappa shape index (κ3) is 3.00. The number of halogens is 2. The number of benzene rings is 1. The van der Waals surface area contributed by atoms with Gasteiger partial charge in [-0.25, -0.2) is 13.6 Å². The minimum absolute atomic E-state index is 0.0631. The van der Waals surface area contributed by atoms with Gasteiger partial charge in [0, 0.05) is 35.8 Å². The lowest BCUT2D eigenvalue weighted by molar-refractivity contribution is -0.275. The van der Waals surface area contributed by atoms with Gasteiger partial charge in [0.15, 0.2) is 17.1 Å². The van der Waals surface area contributed by atoms with Gasteiger partial charge in [-0.1, -0.05) is 42.8 Å². The molecule has 5 aliphatic rings. The molecule has 1 unspecified atom stereocenters. The Morgan fingerprint density at radius 3 is 2.70 bits per heavy atom. The molecule has 0 radical (unpaired) electrons. The first-order chi connectivity index (χ1) is 17.4. The topological polar surface area (TPSA) is 87.1 Å². The number of alkyl halides is 2. The van der Waals surface area contributed by atoms with Gasteiger partial charge >= 0.3 is 5.97 Å². The van der Waals surface area contributed by atoms with Crippen LogP contribution in [0.2, 0.25) is 0 Å². The summed E-state index contributed by atoms with van der Waals surface area (Å²) in [6.45, 7) is 6.07. The number of carboxylic acid groups (broad SMARTS) is 1. The van der Waals surface area contributed by atoms with Crippen LogP contribution in [0.15, 0.2) is 48.1 Å². The van der Waals surface area contributed by atoms with E-state index in [1.165, 1.54) is 12.2 Å². The lowest BCUT2D eigenvalue weighted by Crippen LogP contribution is -2.70. The molecular weight excluding hydrogens is 480 g/mol. The van der Waals surface area contributed by atoms with Gasteiger partial charge in [-0.3, -0.25) is 9.63 Å². The Morgan fingerprint density at radius 1 is 1.24 bits per heavy atom. The molecule has 2 N–H and O–H groups in total. The highest BCUT2D eigenvalue weighted by Crippen LogP contribution is 2.72. The van der Waals surface area contributed by atoms with Crippen LogP contribution in [0.3, 0.4) is 0 Å². The summed E-state index contributed by atoms with van der Waals surface area (Å²) in [4.78, 5) is 31.3. The molecule has 3 saturated carbocycles. The summed E-state index contributed by atoms with van der Waals surface area (Å²) in [7, 11) is 0. The average Bonchev–Trinajstić information content (AvgIpc) is 3.30. The number of fused-ring (bicyclic) bond motifs is 7. The summed E-state index contributed by atoms with van der Waals surface area (Å²) < 4.78 is 32.9. The van der Waals surface area contributed by atoms with Gasteiger partial charge in [-0.05, 0) is 62.3 Å². The Morgan fingerprint density at radius 2 is 2.00 bits per heavy atom. The second-order valence-electron chi connectivity index (χ2n) is 12.2. The molecule has 6 rings (SSSR count). The van der Waals surface area contributed by atoms with Crippen LogP contribution in [0.4, 0.5) is 8.78 Å². The fourth-order valence-corrected chi connectivity index (χ4v) is 8.79. The second-order valence-corrected chi connectivity index (χ2v) is 12.2. The number of ketones is 1. The Balaban J connectivity index is 1.38. The number of nitrogens with zero attached hydrogens (tertiary/aromatic N) is 1. The first-order valence-electron chi connectivity index (χ1n) is 13.1. The van der Waals surface area contributed by atoms with Crippen LogP contribution >= 0.6 is 0 Å². The van der Waals surface area contributed by atoms with Crippen molar-refractivity contribution in [2.45, 2.75) is 70.1 Å². The van der Waals surface area contributed by atoms with Crippen LogP contribution in [0.1, 0.15) is 44.2 Å². The Bertz CT molecular complexity index is 1250. The molecule has 198 valence electrons. The molecule has 1 heterocycles. The molecule has 37 heavy (non-hydrogen) atoms. The van der Waals surface area contributed by atoms with Crippen molar-refractivity contribution in [3.8, 4) is 0 Å². The molecule has 1 aliphatic heterocycles. The Kier molecular flexibility index (Phi) is 5.25. The zero-order valence-electron chi connectivity index (χ0n) is 21.3. The summed E-state index contributed by atoms with van der Waals surface area (Å²) in [6, 6.07) is 7.91. The van der Waals surface area contributed by atoms with Crippen molar-refractivity contribution in [1.82, 2.24) is 5.06 Å². The molecule has 6 nitrogen and oxygen atoms in total. The molecule has 1 saturated heterocycles. The summed E-state index contributed by atoms with van der Waals surface area (Å²) in [6.07, 6.45) is 0.730. The van der Waals surface area contributed by atoms with Gasteiger partial charge in [0.2, 0.25) is 0 Å². The quantitative estimate of drug-likeness (QED) is 0.633. The number of aryl methyl sites for hydroxylation is 1. The number of aliphatic hydroxyl groups excluding tert-OH is 1. The number of carbonyl (C=O) groups is 2. The van der Waals surface area contributed by atoms with Gasteiger partial charge in [0.1, 0.15) is 6.17 Å². The number of hydroxylamine groups is 2. The van der Waals surface area contributed by atoms with Gasteiger partial charge in [-0.15, -0.1) is 0 Å². The number of aliphatic hydroxyl groups is 1. The van der Waals surface area contributed by atoms with Crippen molar-refractivity contribution in [1.29, 1.82) is 0 Å². The van der Waals surface area contributed by atoms with Crippen molar-refractivity contribution in [3.05, 3.63) is 59.2 Å². The number of hydrogen-bond donors (Lipinski definition) is 2. The third-order valence-corrected chi connectivity index (χ3v) is 10.4. The van der Waals surface area contributed by atoms with Crippen LogP contribution in [0.25, 0.3) is 0 Å². The molecule has 1 aromatic carbocycles. The van der Waals surface area contributed by atoms with Crippen LogP contribution in [0.5, 0.6) is 0 Å². The molecule has 4 fully saturated rings. The van der Waals surface area contributed by atoms with Gasteiger partial charge in [0.25, 0.3) is 0 Å². The molecule has 8 heteroatoms. The molecule has 0 bridgehead atoms. The lowest BCUT2D eigenvalue weighted by atomic mass is 9.44. The zero-order chi connectivity index (χ0) is 26.5. The SMILES string of the molecule is Cc1cccc(CN2C[C@@H]3CC4[C@@H]5C[C@H](F)C6=CC(=O)C=C[C@]6(C)[C@@]5(F)[C@@H](O)C[C@]4(C)[C@]3(C(=O)O)O2)c1. The normalized spacial score (nSPS) is 46.6. The number of carbonyl (C=O) groups excluding carboxylic acids is 1. The first kappa shape index (κ1) is 24.9. The summed E-state index contributed by atoms with van der Waals surface area (Å²) in [5, 5.41) is 23.8. The fraction of sp³-hybridized carbons (Fsp3) is 0.586. The number of aliphatic carboxylic acids is 1. The zero-order valence-corrected chi connectivity index (χ0v) is 21.3. The number of carboxylic acids is 1. The van der Waals surface area contributed by atoms with Crippen molar-refractivity contribution in [2.75, 3.05) is 6.54 Å². The lowest BCUT2D eigenvalue weighted by Gasteiger charge is -2.63. The van der Waals surface area contributed by atoms with Crippen molar-refractivity contribution in [2.24, 2.45) is 28.6 Å². The van der Waals surface area contributed by atoms with E-state index in [-0.39, 0.29) is 18.4 Å². The van der Waals surface area contributed by atoms with E-state index in [0.717, 1.165) is 17.2 Å². The predicted octanol–water partition coefficient (Wildman–Crippen LogP) is 4.11. The largest absolute Gasteiger partial charge is 0.479 e. The van der Waals surface area contributed by atoms with Gasteiger partial charge in [0.05, 0.1) is 6.10 Å². The summed E-state index contributed by atoms with van der Waals surface area (Å²) >= 11 is 0. The van der Waals surface area contributed by atoms with Crippen molar-refractivity contribution >= 4 is 11.8 Å². The number of hydrogen-bond acceptors (Lipinski definition) is 5.